The van der Waals surface area contributed by atoms with E-state index in [1.807, 2.05) is 17.5 Å². The summed E-state index contributed by atoms with van der Waals surface area (Å²) >= 11 is 0. The largest absolute Gasteiger partial charge is 0.381 e. The third-order valence-corrected chi connectivity index (χ3v) is 4.78. The fourth-order valence-electron chi connectivity index (χ4n) is 3.36. The second-order valence-electron chi connectivity index (χ2n) is 6.79. The van der Waals surface area contributed by atoms with Crippen molar-refractivity contribution in [2.75, 3.05) is 25.2 Å². The molecule has 0 spiro atoms. The van der Waals surface area contributed by atoms with E-state index < -0.39 is 0 Å². The molecular formula is C19H23N5O. The molecule has 3 aromatic rings. The molecule has 6 nitrogen and oxygen atoms in total. The Balaban J connectivity index is 1.67. The van der Waals surface area contributed by atoms with Crippen LogP contribution in [0.2, 0.25) is 0 Å². The third kappa shape index (κ3) is 3.35. The van der Waals surface area contributed by atoms with Gasteiger partial charge in [-0.25, -0.2) is 0 Å². The second kappa shape index (κ2) is 6.80. The van der Waals surface area contributed by atoms with Crippen molar-refractivity contribution in [1.82, 2.24) is 19.8 Å². The molecule has 1 aromatic carbocycles. The molecule has 0 aliphatic carbocycles. The molecule has 130 valence electrons. The fraction of sp³-hybridized carbons (Fsp3) is 0.421. The summed E-state index contributed by atoms with van der Waals surface area (Å²) in [6.07, 6.45) is 2.06. The van der Waals surface area contributed by atoms with Crippen molar-refractivity contribution in [2.45, 2.75) is 26.3 Å². The summed E-state index contributed by atoms with van der Waals surface area (Å²) < 4.78 is 7.40. The summed E-state index contributed by atoms with van der Waals surface area (Å²) in [5.41, 5.74) is 3.32. The maximum absolute atomic E-state index is 5.53. The van der Waals surface area contributed by atoms with Crippen molar-refractivity contribution in [3.05, 3.63) is 53.3 Å². The number of ether oxygens (including phenoxy) is 1. The van der Waals surface area contributed by atoms with Gasteiger partial charge in [-0.2, -0.15) is 4.52 Å². The molecule has 1 aliphatic rings. The fourth-order valence-corrected chi connectivity index (χ4v) is 3.36. The normalized spacial score (nSPS) is 17.3. The molecule has 3 heterocycles. The van der Waals surface area contributed by atoms with Gasteiger partial charge in [0.2, 0.25) is 0 Å². The van der Waals surface area contributed by atoms with Crippen LogP contribution in [0, 0.1) is 12.8 Å². The number of hydrogen-bond acceptors (Lipinski definition) is 5. The number of aromatic nitrogens is 4. The Kier molecular flexibility index (Phi) is 4.36. The molecule has 0 saturated carbocycles. The van der Waals surface area contributed by atoms with Gasteiger partial charge in [-0.15, -0.1) is 15.3 Å². The molecule has 0 N–H and O–H groups in total. The van der Waals surface area contributed by atoms with E-state index in [0.29, 0.717) is 5.92 Å². The van der Waals surface area contributed by atoms with Gasteiger partial charge in [0.05, 0.1) is 0 Å². The van der Waals surface area contributed by atoms with Crippen LogP contribution in [0.3, 0.4) is 0 Å². The van der Waals surface area contributed by atoms with Gasteiger partial charge < -0.3 is 9.64 Å². The van der Waals surface area contributed by atoms with Gasteiger partial charge in [0, 0.05) is 32.4 Å². The van der Waals surface area contributed by atoms with Gasteiger partial charge in [-0.05, 0) is 37.3 Å². The van der Waals surface area contributed by atoms with Crippen molar-refractivity contribution >= 4 is 11.5 Å². The van der Waals surface area contributed by atoms with Crippen LogP contribution in [-0.4, -0.2) is 40.1 Å². The molecule has 2 aromatic heterocycles. The predicted molar refractivity (Wildman–Crippen MR) is 96.7 cm³/mol. The quantitative estimate of drug-likeness (QED) is 0.716. The Bertz CT molecular complexity index is 855. The van der Waals surface area contributed by atoms with Gasteiger partial charge in [-0.3, -0.25) is 0 Å². The summed E-state index contributed by atoms with van der Waals surface area (Å²) in [4.78, 5) is 2.17. The molecule has 0 unspecified atom stereocenters. The number of rotatable bonds is 5. The molecule has 0 amide bonds. The smallest absolute Gasteiger partial charge is 0.181 e. The summed E-state index contributed by atoms with van der Waals surface area (Å²) in [7, 11) is 2.07. The van der Waals surface area contributed by atoms with E-state index in [4.69, 9.17) is 9.84 Å². The molecule has 1 fully saturated rings. The average molecular weight is 337 g/mol. The maximum atomic E-state index is 5.53. The van der Waals surface area contributed by atoms with Crippen LogP contribution >= 0.6 is 0 Å². The molecule has 6 heteroatoms. The first-order valence-electron chi connectivity index (χ1n) is 8.75. The number of hydrogen-bond donors (Lipinski definition) is 0. The van der Waals surface area contributed by atoms with Gasteiger partial charge >= 0.3 is 0 Å². The topological polar surface area (TPSA) is 55.6 Å². The van der Waals surface area contributed by atoms with E-state index in [1.165, 1.54) is 11.1 Å². The van der Waals surface area contributed by atoms with E-state index in [2.05, 4.69) is 52.5 Å². The van der Waals surface area contributed by atoms with Crippen LogP contribution in [0.1, 0.15) is 23.4 Å². The van der Waals surface area contributed by atoms with E-state index in [-0.39, 0.29) is 0 Å². The zero-order chi connectivity index (χ0) is 17.2. The lowest BCUT2D eigenvalue weighted by Gasteiger charge is -2.20. The lowest BCUT2D eigenvalue weighted by Crippen LogP contribution is -2.20. The maximum Gasteiger partial charge on any atom is 0.181 e. The third-order valence-electron chi connectivity index (χ3n) is 4.78. The Morgan fingerprint density at radius 2 is 2.08 bits per heavy atom. The highest BCUT2D eigenvalue weighted by Crippen LogP contribution is 2.24. The lowest BCUT2D eigenvalue weighted by atomic mass is 10.00. The number of anilines is 1. The molecule has 4 rings (SSSR count). The number of nitrogens with zero attached hydrogens (tertiary/aromatic N) is 5. The summed E-state index contributed by atoms with van der Waals surface area (Å²) in [6, 6.07) is 12.6. The van der Waals surface area contributed by atoms with Crippen molar-refractivity contribution in [3.63, 3.8) is 0 Å². The van der Waals surface area contributed by atoms with Crippen LogP contribution in [0.15, 0.2) is 36.4 Å². The minimum Gasteiger partial charge on any atom is -0.381 e. The summed E-state index contributed by atoms with van der Waals surface area (Å²) in [5.74, 6) is 2.30. The summed E-state index contributed by atoms with van der Waals surface area (Å²) in [5, 5.41) is 13.3. The molecule has 25 heavy (non-hydrogen) atoms. The van der Waals surface area contributed by atoms with Crippen LogP contribution in [0.5, 0.6) is 0 Å². The SMILES string of the molecule is Cc1nnc2c(C[C@H]3CCOC3)cc(N(C)Cc3ccccc3)nn12. The van der Waals surface area contributed by atoms with E-state index in [0.717, 1.165) is 49.9 Å². The second-order valence-corrected chi connectivity index (χ2v) is 6.79. The number of aryl methyl sites for hydroxylation is 1. The minimum absolute atomic E-state index is 0.551. The van der Waals surface area contributed by atoms with Crippen molar-refractivity contribution < 1.29 is 4.74 Å². The highest BCUT2D eigenvalue weighted by atomic mass is 16.5. The van der Waals surface area contributed by atoms with Crippen molar-refractivity contribution in [2.24, 2.45) is 5.92 Å². The zero-order valence-electron chi connectivity index (χ0n) is 14.7. The first kappa shape index (κ1) is 16.0. The number of fused-ring (bicyclic) bond motifs is 1. The van der Waals surface area contributed by atoms with Gasteiger partial charge in [0.15, 0.2) is 11.5 Å². The molecule has 1 atom stereocenters. The molecule has 1 aliphatic heterocycles. The Hall–Kier alpha value is -2.47. The van der Waals surface area contributed by atoms with Crippen molar-refractivity contribution in [1.29, 1.82) is 0 Å². The minimum atomic E-state index is 0.551. The monoisotopic (exact) mass is 337 g/mol. The lowest BCUT2D eigenvalue weighted by molar-refractivity contribution is 0.186. The molecule has 0 radical (unpaired) electrons. The number of benzene rings is 1. The van der Waals surface area contributed by atoms with Crippen LogP contribution in [-0.2, 0) is 17.7 Å². The predicted octanol–water partition coefficient (Wildman–Crippen LogP) is 2.65. The van der Waals surface area contributed by atoms with Gasteiger partial charge in [-0.1, -0.05) is 30.3 Å². The Morgan fingerprint density at radius 1 is 1.24 bits per heavy atom. The standard InChI is InChI=1S/C19H23N5O/c1-14-20-21-19-17(10-16-8-9-25-13-16)11-18(22-24(14)19)23(2)12-15-6-4-3-5-7-15/h3-7,11,16H,8-10,12-13H2,1-2H3/t16-/m1/s1. The first-order chi connectivity index (χ1) is 12.2. The molecule has 0 bridgehead atoms. The molecular weight excluding hydrogens is 314 g/mol. The van der Waals surface area contributed by atoms with Crippen LogP contribution in [0.25, 0.3) is 5.65 Å². The van der Waals surface area contributed by atoms with E-state index >= 15 is 0 Å². The Labute approximate surface area is 147 Å². The average Bonchev–Trinajstić information content (AvgIpc) is 3.26. The van der Waals surface area contributed by atoms with Gasteiger partial charge in [0.1, 0.15) is 5.82 Å². The Morgan fingerprint density at radius 3 is 2.84 bits per heavy atom. The van der Waals surface area contributed by atoms with E-state index in [9.17, 15) is 0 Å². The van der Waals surface area contributed by atoms with E-state index in [1.54, 1.807) is 0 Å². The van der Waals surface area contributed by atoms with Crippen molar-refractivity contribution in [3.8, 4) is 0 Å². The first-order valence-corrected chi connectivity index (χ1v) is 8.75. The van der Waals surface area contributed by atoms with Gasteiger partial charge in [0.25, 0.3) is 0 Å². The zero-order valence-corrected chi connectivity index (χ0v) is 14.7. The highest BCUT2D eigenvalue weighted by molar-refractivity contribution is 5.53. The molecule has 1 saturated heterocycles. The van der Waals surface area contributed by atoms with Crippen LogP contribution < -0.4 is 4.90 Å². The van der Waals surface area contributed by atoms with Crippen LogP contribution in [0.4, 0.5) is 5.82 Å². The highest BCUT2D eigenvalue weighted by Gasteiger charge is 2.20. The summed E-state index contributed by atoms with van der Waals surface area (Å²) in [6.45, 7) is 4.44.